The van der Waals surface area contributed by atoms with E-state index in [9.17, 15) is 4.57 Å². The fourth-order valence-corrected chi connectivity index (χ4v) is 1.46. The van der Waals surface area contributed by atoms with Gasteiger partial charge in [0.05, 0.1) is 13.2 Å². The Morgan fingerprint density at radius 2 is 1.50 bits per heavy atom. The molecule has 0 rings (SSSR count). The lowest BCUT2D eigenvalue weighted by molar-refractivity contribution is 0.346. The third-order valence-corrected chi connectivity index (χ3v) is 2.64. The molecule has 0 aliphatic rings. The van der Waals surface area contributed by atoms with Crippen molar-refractivity contribution in [2.45, 2.75) is 13.8 Å². The molecule has 0 spiro atoms. The number of rotatable bonds is 8. The zero-order chi connectivity index (χ0) is 9.23. The van der Waals surface area contributed by atoms with Gasteiger partial charge in [-0.05, 0) is 21.8 Å². The molecule has 0 unspecified atom stereocenters. The zero-order valence-corrected chi connectivity index (χ0v) is 9.25. The minimum Gasteiger partial charge on any atom is -0.288 e. The predicted octanol–water partition coefficient (Wildman–Crippen LogP) is 2.88. The van der Waals surface area contributed by atoms with Crippen LogP contribution in [0.4, 0.5) is 0 Å². The molecule has 0 fully saturated rings. The van der Waals surface area contributed by atoms with E-state index in [2.05, 4.69) is 7.94 Å². The average Bonchev–Trinajstić information content (AvgIpc) is 2.06. The Morgan fingerprint density at radius 3 is 1.83 bits per heavy atom. The van der Waals surface area contributed by atoms with Gasteiger partial charge in [-0.3, -0.25) is 8.37 Å². The Morgan fingerprint density at radius 1 is 1.08 bits per heavy atom. The first-order valence-corrected chi connectivity index (χ1v) is 5.63. The van der Waals surface area contributed by atoms with Gasteiger partial charge in [-0.1, -0.05) is 0 Å². The summed E-state index contributed by atoms with van der Waals surface area (Å²) in [7, 11) is -2.18. The maximum absolute atomic E-state index is 10.7. The van der Waals surface area contributed by atoms with Crippen LogP contribution in [-0.2, 0) is 20.9 Å². The van der Waals surface area contributed by atoms with E-state index in [0.717, 1.165) is 0 Å². The normalized spacial score (nSPS) is 10.2. The summed E-state index contributed by atoms with van der Waals surface area (Å²) in [5.74, 6) is 0. The van der Waals surface area contributed by atoms with E-state index in [1.807, 2.05) is 0 Å². The van der Waals surface area contributed by atoms with Crippen molar-refractivity contribution >= 4 is 32.9 Å². The van der Waals surface area contributed by atoms with Gasteiger partial charge < -0.3 is 0 Å². The quantitative estimate of drug-likeness (QED) is 0.363. The lowest BCUT2D eigenvalue weighted by Crippen LogP contribution is -1.79. The zero-order valence-electron chi connectivity index (χ0n) is 6.72. The van der Waals surface area contributed by atoms with Gasteiger partial charge in [0, 0.05) is 4.57 Å². The molecule has 0 aliphatic carbocycles. The van der Waals surface area contributed by atoms with Gasteiger partial charge >= 0.3 is 8.25 Å². The Kier molecular flexibility index (Phi) is 10.2. The second-order valence-corrected chi connectivity index (χ2v) is 3.71. The van der Waals surface area contributed by atoms with Crippen LogP contribution in [0.25, 0.3) is 0 Å². The first kappa shape index (κ1) is 12.6. The lowest BCUT2D eigenvalue weighted by atomic mass is 10.9. The van der Waals surface area contributed by atoms with Crippen LogP contribution in [-0.4, -0.2) is 13.2 Å². The highest BCUT2D eigenvalue weighted by Gasteiger charge is 2.23. The van der Waals surface area contributed by atoms with Gasteiger partial charge in [0.2, 0.25) is 24.6 Å². The van der Waals surface area contributed by atoms with Gasteiger partial charge in [0.1, 0.15) is 0 Å². The van der Waals surface area contributed by atoms with E-state index in [1.54, 1.807) is 13.8 Å². The van der Waals surface area contributed by atoms with Crippen molar-refractivity contribution in [3.63, 3.8) is 0 Å². The third kappa shape index (κ3) is 8.73. The Bertz CT molecular complexity index is 112. The molecule has 0 radical (unpaired) electrons. The second-order valence-electron chi connectivity index (χ2n) is 1.32. The van der Waals surface area contributed by atoms with Crippen LogP contribution in [0.3, 0.4) is 0 Å². The van der Waals surface area contributed by atoms with Crippen molar-refractivity contribution in [3.8, 4) is 0 Å². The van der Waals surface area contributed by atoms with E-state index >= 15 is 0 Å². The van der Waals surface area contributed by atoms with E-state index < -0.39 is 8.25 Å². The van der Waals surface area contributed by atoms with E-state index in [1.165, 1.54) is 0 Å². The fourth-order valence-electron chi connectivity index (χ4n) is 0.201. The fraction of sp³-hybridized carbons (Fsp3) is 1.00. The molecule has 5 nitrogen and oxygen atoms in total. The van der Waals surface area contributed by atoms with Crippen LogP contribution in [0.5, 0.6) is 0 Å². The van der Waals surface area contributed by atoms with Crippen LogP contribution in [0.15, 0.2) is 0 Å². The highest BCUT2D eigenvalue weighted by atomic mass is 32.2. The summed E-state index contributed by atoms with van der Waals surface area (Å²) in [4.78, 5) is 0. The molecule has 0 saturated carbocycles. The monoisotopic (exact) mass is 233 g/mol. The standard InChI is InChI=1S/C4H10O5PS2/c1-3-6-11-8-10(5)9-12-7-4-2/h3-4H2,1-2H3/q+1. The van der Waals surface area contributed by atoms with E-state index in [-0.39, 0.29) is 0 Å². The molecule has 0 amide bonds. The lowest BCUT2D eigenvalue weighted by Gasteiger charge is -1.89. The molecule has 0 aromatic rings. The average molecular weight is 233 g/mol. The first-order valence-electron chi connectivity index (χ1n) is 3.21. The smallest absolute Gasteiger partial charge is 0.288 e. The van der Waals surface area contributed by atoms with Gasteiger partial charge in [0.15, 0.2) is 0 Å². The SMILES string of the molecule is CCOSO[P+](=O)OSOCC. The molecule has 8 heteroatoms. The first-order chi connectivity index (χ1) is 5.81. The highest BCUT2D eigenvalue weighted by molar-refractivity contribution is 7.95. The van der Waals surface area contributed by atoms with Crippen LogP contribution >= 0.6 is 32.9 Å². The third-order valence-electron chi connectivity index (χ3n) is 0.515. The Hall–Kier alpha value is 0.640. The maximum atomic E-state index is 10.7. The van der Waals surface area contributed by atoms with E-state index in [0.29, 0.717) is 37.9 Å². The van der Waals surface area contributed by atoms with Crippen LogP contribution in [0, 0.1) is 0 Å². The van der Waals surface area contributed by atoms with Crippen molar-refractivity contribution < 1.29 is 20.9 Å². The van der Waals surface area contributed by atoms with Crippen molar-refractivity contribution in [2.24, 2.45) is 0 Å². The minimum atomic E-state index is -2.18. The summed E-state index contributed by atoms with van der Waals surface area (Å²) in [6.07, 6.45) is 0. The molecule has 0 atom stereocenters. The summed E-state index contributed by atoms with van der Waals surface area (Å²) in [6.45, 7) is 4.54. The van der Waals surface area contributed by atoms with Gasteiger partial charge in [-0.2, -0.15) is 0 Å². The van der Waals surface area contributed by atoms with Crippen molar-refractivity contribution in [1.29, 1.82) is 0 Å². The predicted molar refractivity (Wildman–Crippen MR) is 48.2 cm³/mol. The van der Waals surface area contributed by atoms with Gasteiger partial charge in [0.25, 0.3) is 0 Å². The van der Waals surface area contributed by atoms with Gasteiger partial charge in [-0.25, -0.2) is 0 Å². The molecule has 0 heterocycles. The molecule has 12 heavy (non-hydrogen) atoms. The molecule has 0 bridgehead atoms. The highest BCUT2D eigenvalue weighted by Crippen LogP contribution is 2.35. The number of hydrogen-bond acceptors (Lipinski definition) is 7. The molecule has 72 valence electrons. The topological polar surface area (TPSA) is 54.0 Å². The summed E-state index contributed by atoms with van der Waals surface area (Å²) in [6, 6.07) is 0. The molecule has 0 aliphatic heterocycles. The summed E-state index contributed by atoms with van der Waals surface area (Å²) in [5, 5.41) is 0. The maximum Gasteiger partial charge on any atom is 0.727 e. The molecular formula is C4H10O5PS2+. The molecule has 0 saturated heterocycles. The van der Waals surface area contributed by atoms with Crippen LogP contribution < -0.4 is 0 Å². The minimum absolute atomic E-state index is 0.479. The van der Waals surface area contributed by atoms with Gasteiger partial charge in [-0.15, -0.1) is 0 Å². The van der Waals surface area contributed by atoms with Crippen molar-refractivity contribution in [1.82, 2.24) is 0 Å². The van der Waals surface area contributed by atoms with Crippen LogP contribution in [0.2, 0.25) is 0 Å². The molecule has 0 N–H and O–H groups in total. The van der Waals surface area contributed by atoms with E-state index in [4.69, 9.17) is 8.37 Å². The summed E-state index contributed by atoms with van der Waals surface area (Å²) < 4.78 is 29.1. The molecule has 0 aromatic carbocycles. The summed E-state index contributed by atoms with van der Waals surface area (Å²) >= 11 is 1.28. The number of hydrogen-bond donors (Lipinski definition) is 0. The molecular weight excluding hydrogens is 223 g/mol. The van der Waals surface area contributed by atoms with Crippen LogP contribution in [0.1, 0.15) is 13.8 Å². The second kappa shape index (κ2) is 9.73. The van der Waals surface area contributed by atoms with Crippen molar-refractivity contribution in [3.05, 3.63) is 0 Å². The Labute approximate surface area is 81.2 Å². The molecule has 0 aromatic heterocycles. The van der Waals surface area contributed by atoms with Crippen molar-refractivity contribution in [2.75, 3.05) is 13.2 Å². The largest absolute Gasteiger partial charge is 0.727 e. The Balaban J connectivity index is 3.10. The summed E-state index contributed by atoms with van der Waals surface area (Å²) in [5.41, 5.74) is 0.